The number of aliphatic hydroxyl groups excluding tert-OH is 1. The number of benzene rings is 3. The van der Waals surface area contributed by atoms with Gasteiger partial charge in [-0.25, -0.2) is 0 Å². The Hall–Kier alpha value is -3.59. The van der Waals surface area contributed by atoms with E-state index in [1.807, 2.05) is 48.5 Å². The molecule has 1 aromatic heterocycles. The van der Waals surface area contributed by atoms with Gasteiger partial charge in [0.1, 0.15) is 0 Å². The summed E-state index contributed by atoms with van der Waals surface area (Å²) in [6.07, 6.45) is 8.58. The van der Waals surface area contributed by atoms with Crippen LogP contribution < -0.4 is 0 Å². The van der Waals surface area contributed by atoms with Crippen molar-refractivity contribution in [3.05, 3.63) is 120 Å². The van der Waals surface area contributed by atoms with Crippen LogP contribution in [0.5, 0.6) is 0 Å². The molecule has 35 heavy (non-hydrogen) atoms. The fourth-order valence-electron chi connectivity index (χ4n) is 3.89. The maximum Gasteiger partial charge on any atom is 0.155 e. The van der Waals surface area contributed by atoms with E-state index in [1.165, 1.54) is 29.5 Å². The van der Waals surface area contributed by atoms with Crippen LogP contribution in [0.15, 0.2) is 91.2 Å². The molecule has 1 radical (unpaired) electrons. The fraction of sp³-hybridized carbons (Fsp3) is 0.0968. The number of allylic oxidation sites excluding steroid dienone is 2. The summed E-state index contributed by atoms with van der Waals surface area (Å²) < 4.78 is 0. The monoisotopic (exact) mass is 637 g/mol. The zero-order valence-electron chi connectivity index (χ0n) is 19.5. The van der Waals surface area contributed by atoms with Gasteiger partial charge in [-0.2, -0.15) is 0 Å². The molecule has 0 saturated heterocycles. The van der Waals surface area contributed by atoms with E-state index in [4.69, 9.17) is 4.98 Å². The van der Waals surface area contributed by atoms with E-state index in [9.17, 15) is 9.90 Å². The molecule has 1 heterocycles. The first kappa shape index (κ1) is 26.0. The molecule has 0 unspecified atom stereocenters. The molecule has 0 amide bonds. The molecule has 4 heteroatoms. The van der Waals surface area contributed by atoms with Gasteiger partial charge in [0.15, 0.2) is 5.78 Å². The first-order valence-electron chi connectivity index (χ1n) is 11.2. The molecule has 3 nitrogen and oxygen atoms in total. The Labute approximate surface area is 219 Å². The number of ketones is 1. The molecule has 1 N–H and O–H groups in total. The summed E-state index contributed by atoms with van der Waals surface area (Å²) in [4.78, 5) is 15.4. The van der Waals surface area contributed by atoms with Gasteiger partial charge in [0.25, 0.3) is 0 Å². The maximum absolute atomic E-state index is 10.7. The molecule has 177 valence electrons. The second-order valence-corrected chi connectivity index (χ2v) is 8.14. The van der Waals surface area contributed by atoms with Crippen molar-refractivity contribution in [2.45, 2.75) is 19.8 Å². The molecule has 5 rings (SSSR count). The van der Waals surface area contributed by atoms with E-state index in [-0.39, 0.29) is 31.6 Å². The molecule has 4 aromatic rings. The van der Waals surface area contributed by atoms with Gasteiger partial charge in [0, 0.05) is 38.0 Å². The Bertz CT molecular complexity index is 1390. The van der Waals surface area contributed by atoms with Crippen molar-refractivity contribution in [2.75, 3.05) is 0 Å². The average molecular weight is 637 g/mol. The van der Waals surface area contributed by atoms with Crippen LogP contribution >= 0.6 is 0 Å². The van der Waals surface area contributed by atoms with Crippen molar-refractivity contribution < 1.29 is 30.0 Å². The SMILES string of the molecule is C=Cc1ccc(CC/C(O)=C/C(C)=O)cc1.[Ir].[c-]1ccccc1-c1cc2c3c(cccc3n1)C=C2. The predicted molar refractivity (Wildman–Crippen MR) is 141 cm³/mol. The van der Waals surface area contributed by atoms with Crippen molar-refractivity contribution in [1.29, 1.82) is 0 Å². The van der Waals surface area contributed by atoms with Crippen LogP contribution in [0.25, 0.3) is 40.4 Å². The standard InChI is InChI=1S/C17H10N.C14H16O2.Ir/c1-2-5-12(6-3-1)16-11-14-10-9-13-7-4-8-15(18-16)17(13)14;1-3-12-4-6-13(7-5-12)8-9-14(16)10-11(2)15;/h1-5,7-11H;3-7,10,16H,1,8-9H2,2H3;/q-1;;/b;14-10-;. The van der Waals surface area contributed by atoms with Gasteiger partial charge >= 0.3 is 0 Å². The number of nitrogens with zero attached hydrogens (tertiary/aromatic N) is 1. The van der Waals surface area contributed by atoms with Gasteiger partial charge in [-0.1, -0.05) is 67.3 Å². The fourth-order valence-corrected chi connectivity index (χ4v) is 3.89. The van der Waals surface area contributed by atoms with Crippen molar-refractivity contribution in [3.63, 3.8) is 0 Å². The van der Waals surface area contributed by atoms with Crippen molar-refractivity contribution in [2.24, 2.45) is 0 Å². The van der Waals surface area contributed by atoms with Gasteiger partial charge in [-0.05, 0) is 47.4 Å². The summed E-state index contributed by atoms with van der Waals surface area (Å²) in [5, 5.41) is 10.7. The number of rotatable bonds is 6. The van der Waals surface area contributed by atoms with Crippen LogP contribution in [0.3, 0.4) is 0 Å². The minimum Gasteiger partial charge on any atom is -0.512 e. The number of aryl methyl sites for hydroxylation is 1. The Morgan fingerprint density at radius 2 is 1.80 bits per heavy atom. The van der Waals surface area contributed by atoms with E-state index in [0.717, 1.165) is 34.3 Å². The van der Waals surface area contributed by atoms with E-state index >= 15 is 0 Å². The van der Waals surface area contributed by atoms with Crippen LogP contribution in [0.4, 0.5) is 0 Å². The number of pyridine rings is 1. The molecule has 1 aliphatic rings. The van der Waals surface area contributed by atoms with Crippen LogP contribution in [0.1, 0.15) is 35.6 Å². The van der Waals surface area contributed by atoms with Crippen molar-refractivity contribution in [1.82, 2.24) is 4.98 Å². The number of hydrogen-bond acceptors (Lipinski definition) is 3. The maximum atomic E-state index is 10.7. The zero-order valence-corrected chi connectivity index (χ0v) is 21.9. The zero-order chi connectivity index (χ0) is 23.9. The van der Waals surface area contributed by atoms with Crippen LogP contribution in [0, 0.1) is 6.07 Å². The molecule has 0 aliphatic heterocycles. The topological polar surface area (TPSA) is 50.2 Å². The second kappa shape index (κ2) is 12.2. The Kier molecular flexibility index (Phi) is 9.08. The molecule has 0 fully saturated rings. The summed E-state index contributed by atoms with van der Waals surface area (Å²) in [5.41, 5.74) is 7.81. The molecular weight excluding hydrogens is 611 g/mol. The van der Waals surface area contributed by atoms with Gasteiger partial charge in [0.2, 0.25) is 0 Å². The van der Waals surface area contributed by atoms with Crippen LogP contribution in [0.2, 0.25) is 0 Å². The quantitative estimate of drug-likeness (QED) is 0.120. The van der Waals surface area contributed by atoms with Gasteiger partial charge in [-0.15, -0.1) is 35.9 Å². The summed E-state index contributed by atoms with van der Waals surface area (Å²) in [5.74, 6) is 0.0137. The summed E-state index contributed by atoms with van der Waals surface area (Å²) >= 11 is 0. The third-order valence-electron chi connectivity index (χ3n) is 5.58. The largest absolute Gasteiger partial charge is 0.512 e. The average Bonchev–Trinajstić information content (AvgIpc) is 3.28. The smallest absolute Gasteiger partial charge is 0.155 e. The molecule has 0 saturated carbocycles. The van der Waals surface area contributed by atoms with E-state index in [1.54, 1.807) is 6.08 Å². The Morgan fingerprint density at radius 3 is 2.49 bits per heavy atom. The van der Waals surface area contributed by atoms with Gasteiger partial charge < -0.3 is 5.11 Å². The Balaban J connectivity index is 0.000000192. The van der Waals surface area contributed by atoms with Crippen molar-refractivity contribution in [3.8, 4) is 11.3 Å². The summed E-state index contributed by atoms with van der Waals surface area (Å²) in [6.45, 7) is 5.11. The summed E-state index contributed by atoms with van der Waals surface area (Å²) in [6, 6.07) is 27.5. The minimum absolute atomic E-state index is 0. The van der Waals surface area contributed by atoms with Crippen LogP contribution in [-0.2, 0) is 31.3 Å². The third-order valence-corrected chi connectivity index (χ3v) is 5.58. The van der Waals surface area contributed by atoms with E-state index < -0.39 is 0 Å². The number of carbonyl (C=O) groups excluding carboxylic acids is 1. The number of aromatic nitrogens is 1. The second-order valence-electron chi connectivity index (χ2n) is 8.14. The first-order valence-corrected chi connectivity index (χ1v) is 11.2. The first-order chi connectivity index (χ1) is 16.5. The predicted octanol–water partition coefficient (Wildman–Crippen LogP) is 7.48. The number of carbonyl (C=O) groups is 1. The normalized spacial score (nSPS) is 11.4. The number of aliphatic hydroxyl groups is 1. The molecule has 3 aromatic carbocycles. The van der Waals surface area contributed by atoms with E-state index in [2.05, 4.69) is 49.1 Å². The molecule has 0 atom stereocenters. The minimum atomic E-state index is -0.125. The molecule has 1 aliphatic carbocycles. The van der Waals surface area contributed by atoms with Crippen LogP contribution in [-0.4, -0.2) is 15.9 Å². The third kappa shape index (κ3) is 6.73. The van der Waals surface area contributed by atoms with Crippen molar-refractivity contribution >= 4 is 34.9 Å². The summed E-state index contributed by atoms with van der Waals surface area (Å²) in [7, 11) is 0. The molecule has 0 spiro atoms. The molecular formula is C31H26IrNO2-. The van der Waals surface area contributed by atoms with Gasteiger partial charge in [-0.3, -0.25) is 9.78 Å². The molecule has 0 bridgehead atoms. The Morgan fingerprint density at radius 1 is 1.03 bits per heavy atom. The number of hydrogen-bond donors (Lipinski definition) is 1. The van der Waals surface area contributed by atoms with Gasteiger partial charge in [0.05, 0.1) is 11.3 Å². The van der Waals surface area contributed by atoms with E-state index in [0.29, 0.717) is 6.42 Å².